The summed E-state index contributed by atoms with van der Waals surface area (Å²) < 4.78 is 0. The number of thiocarbonyl (C=S) groups is 1. The van der Waals surface area contributed by atoms with Gasteiger partial charge in [-0.25, -0.2) is 0 Å². The quantitative estimate of drug-likeness (QED) is 0.815. The Morgan fingerprint density at radius 1 is 1.35 bits per heavy atom. The van der Waals surface area contributed by atoms with Gasteiger partial charge < -0.3 is 15.1 Å². The summed E-state index contributed by atoms with van der Waals surface area (Å²) in [7, 11) is 0. The molecule has 2 heterocycles. The van der Waals surface area contributed by atoms with E-state index in [-0.39, 0.29) is 0 Å². The second-order valence-corrected chi connectivity index (χ2v) is 7.46. The van der Waals surface area contributed by atoms with E-state index in [0.717, 1.165) is 54.1 Å². The zero-order chi connectivity index (χ0) is 16.2. The lowest BCUT2D eigenvalue weighted by Gasteiger charge is -2.34. The third-order valence-electron chi connectivity index (χ3n) is 4.30. The first-order valence-electron chi connectivity index (χ1n) is 7.79. The second-order valence-electron chi connectivity index (χ2n) is 5.89. The second kappa shape index (κ2) is 7.62. The van der Waals surface area contributed by atoms with Gasteiger partial charge in [-0.1, -0.05) is 17.7 Å². The lowest BCUT2D eigenvalue weighted by atomic mass is 10.2. The average Bonchev–Trinajstić information content (AvgIpc) is 3.05. The summed E-state index contributed by atoms with van der Waals surface area (Å²) in [5.41, 5.74) is 3.47. The first kappa shape index (κ1) is 16.7. The van der Waals surface area contributed by atoms with E-state index in [1.54, 1.807) is 16.2 Å². The molecule has 1 aromatic heterocycles. The van der Waals surface area contributed by atoms with Crippen molar-refractivity contribution in [1.82, 2.24) is 4.90 Å². The van der Waals surface area contributed by atoms with Gasteiger partial charge in [-0.2, -0.15) is 11.3 Å². The highest BCUT2D eigenvalue weighted by atomic mass is 35.5. The zero-order valence-electron chi connectivity index (χ0n) is 13.1. The molecule has 2 N–H and O–H groups in total. The maximum Gasteiger partial charge on any atom is 0.173 e. The fraction of sp³-hybridized carbons (Fsp3) is 0.353. The molecular weight excluding hydrogens is 346 g/mol. The maximum absolute atomic E-state index is 6.17. The summed E-state index contributed by atoms with van der Waals surface area (Å²) in [5.74, 6) is 0. The van der Waals surface area contributed by atoms with E-state index in [9.17, 15) is 0 Å². The van der Waals surface area contributed by atoms with Crippen LogP contribution in [0.15, 0.2) is 35.0 Å². The van der Waals surface area contributed by atoms with Crippen molar-refractivity contribution in [3.8, 4) is 0 Å². The van der Waals surface area contributed by atoms with E-state index in [2.05, 4.69) is 27.0 Å². The summed E-state index contributed by atoms with van der Waals surface area (Å²) in [4.78, 5) is 3.88. The molecule has 3 nitrogen and oxygen atoms in total. The van der Waals surface area contributed by atoms with Crippen LogP contribution in [-0.2, 0) is 6.54 Å². The van der Waals surface area contributed by atoms with Crippen molar-refractivity contribution in [3.63, 3.8) is 0 Å². The Balaban J connectivity index is 1.53. The van der Waals surface area contributed by atoms with Crippen LogP contribution < -0.4 is 10.2 Å². The number of nitrogens with one attached hydrogen (secondary N) is 2. The minimum absolute atomic E-state index is 0.767. The van der Waals surface area contributed by atoms with Gasteiger partial charge in [-0.3, -0.25) is 0 Å². The Hall–Kier alpha value is -1.14. The molecule has 1 aromatic carbocycles. The largest absolute Gasteiger partial charge is 0.338 e. The molecule has 0 bridgehead atoms. The van der Waals surface area contributed by atoms with Gasteiger partial charge in [-0.05, 0) is 53.7 Å². The third kappa shape index (κ3) is 4.23. The number of hydrogen-bond donors (Lipinski definition) is 2. The van der Waals surface area contributed by atoms with Crippen molar-refractivity contribution in [1.29, 1.82) is 0 Å². The van der Waals surface area contributed by atoms with Crippen molar-refractivity contribution in [2.75, 3.05) is 31.5 Å². The predicted octanol–water partition coefficient (Wildman–Crippen LogP) is 2.81. The summed E-state index contributed by atoms with van der Waals surface area (Å²) in [6.07, 6.45) is 0. The Morgan fingerprint density at radius 3 is 2.83 bits per heavy atom. The number of thiophene rings is 1. The topological polar surface area (TPSA) is 19.7 Å². The highest BCUT2D eigenvalue weighted by Crippen LogP contribution is 2.23. The van der Waals surface area contributed by atoms with E-state index in [0.29, 0.717) is 0 Å². The average molecular weight is 367 g/mol. The predicted molar refractivity (Wildman–Crippen MR) is 103 cm³/mol. The van der Waals surface area contributed by atoms with Crippen molar-refractivity contribution >= 4 is 46.0 Å². The van der Waals surface area contributed by atoms with E-state index in [4.69, 9.17) is 23.8 Å². The fourth-order valence-corrected chi connectivity index (χ4v) is 3.96. The standard InChI is InChI=1S/C17H20ClN3S2/c1-13-15(18)3-2-4-16(13)19-17(22)21-8-6-20(7-9-21)11-14-5-10-23-12-14/h2-5,10,12H,6-9,11H2,1H3,(H,19,22)/p+1. The zero-order valence-corrected chi connectivity index (χ0v) is 15.5. The highest BCUT2D eigenvalue weighted by Gasteiger charge is 2.22. The van der Waals surface area contributed by atoms with Crippen LogP contribution in [0.1, 0.15) is 11.1 Å². The summed E-state index contributed by atoms with van der Waals surface area (Å²) in [6.45, 7) is 7.34. The molecule has 1 fully saturated rings. The van der Waals surface area contributed by atoms with Crippen molar-refractivity contribution in [3.05, 3.63) is 51.2 Å². The number of nitrogens with zero attached hydrogens (tertiary/aromatic N) is 1. The fourth-order valence-electron chi connectivity index (χ4n) is 2.82. The molecule has 1 aliphatic rings. The summed E-state index contributed by atoms with van der Waals surface area (Å²) in [6, 6.07) is 8.09. The number of hydrogen-bond acceptors (Lipinski definition) is 2. The molecule has 3 rings (SSSR count). The summed E-state index contributed by atoms with van der Waals surface area (Å²) in [5, 5.41) is 9.30. The van der Waals surface area contributed by atoms with Crippen molar-refractivity contribution < 1.29 is 4.90 Å². The van der Waals surface area contributed by atoms with Gasteiger partial charge in [0.2, 0.25) is 0 Å². The van der Waals surface area contributed by atoms with Gasteiger partial charge in [0.15, 0.2) is 5.11 Å². The lowest BCUT2D eigenvalue weighted by Crippen LogP contribution is -3.13. The van der Waals surface area contributed by atoms with Crippen LogP contribution in [0.2, 0.25) is 5.02 Å². The van der Waals surface area contributed by atoms with Gasteiger partial charge in [-0.15, -0.1) is 0 Å². The molecule has 122 valence electrons. The number of rotatable bonds is 3. The number of anilines is 1. The minimum atomic E-state index is 0.767. The molecule has 23 heavy (non-hydrogen) atoms. The van der Waals surface area contributed by atoms with E-state index < -0.39 is 0 Å². The molecule has 1 aliphatic heterocycles. The molecule has 0 radical (unpaired) electrons. The molecular formula is C17H21ClN3S2+. The Bertz CT molecular complexity index is 664. The summed E-state index contributed by atoms with van der Waals surface area (Å²) >= 11 is 13.5. The molecule has 0 aliphatic carbocycles. The molecule has 2 aromatic rings. The molecule has 0 unspecified atom stereocenters. The van der Waals surface area contributed by atoms with Gasteiger partial charge in [0.1, 0.15) is 6.54 Å². The first-order chi connectivity index (χ1) is 11.1. The maximum atomic E-state index is 6.17. The SMILES string of the molecule is Cc1c(Cl)cccc1NC(=S)N1CC[NH+](Cc2ccsc2)CC1. The van der Waals surface area contributed by atoms with Crippen LogP contribution in [0.4, 0.5) is 5.69 Å². The van der Waals surface area contributed by atoms with Crippen molar-refractivity contribution in [2.45, 2.75) is 13.5 Å². The molecule has 0 amide bonds. The van der Waals surface area contributed by atoms with Crippen LogP contribution in [0.3, 0.4) is 0 Å². The van der Waals surface area contributed by atoms with Crippen molar-refractivity contribution in [2.24, 2.45) is 0 Å². The molecule has 0 atom stereocenters. The van der Waals surface area contributed by atoms with E-state index in [1.807, 2.05) is 25.1 Å². The molecule has 0 saturated carbocycles. The number of halogens is 1. The lowest BCUT2D eigenvalue weighted by molar-refractivity contribution is -0.917. The third-order valence-corrected chi connectivity index (χ3v) is 5.80. The Kier molecular flexibility index (Phi) is 5.54. The van der Waals surface area contributed by atoms with Crippen LogP contribution in [0.25, 0.3) is 0 Å². The van der Waals surface area contributed by atoms with E-state index >= 15 is 0 Å². The van der Waals surface area contributed by atoms with Crippen LogP contribution in [-0.4, -0.2) is 36.2 Å². The number of piperazine rings is 1. The Morgan fingerprint density at radius 2 is 2.13 bits per heavy atom. The smallest absolute Gasteiger partial charge is 0.173 e. The normalized spacial score (nSPS) is 15.7. The Labute approximate surface area is 151 Å². The van der Waals surface area contributed by atoms with Gasteiger partial charge in [0.05, 0.1) is 26.2 Å². The van der Waals surface area contributed by atoms with Crippen LogP contribution >= 0.6 is 35.2 Å². The van der Waals surface area contributed by atoms with Crippen LogP contribution in [0, 0.1) is 6.92 Å². The molecule has 1 saturated heterocycles. The van der Waals surface area contributed by atoms with E-state index in [1.165, 1.54) is 5.56 Å². The molecule has 6 heteroatoms. The first-order valence-corrected chi connectivity index (χ1v) is 9.52. The number of quaternary nitrogens is 1. The minimum Gasteiger partial charge on any atom is -0.338 e. The highest BCUT2D eigenvalue weighted by molar-refractivity contribution is 7.80. The number of benzene rings is 1. The monoisotopic (exact) mass is 366 g/mol. The van der Waals surface area contributed by atoms with Gasteiger partial charge in [0, 0.05) is 16.3 Å². The molecule has 0 spiro atoms. The van der Waals surface area contributed by atoms with Gasteiger partial charge >= 0.3 is 0 Å². The van der Waals surface area contributed by atoms with Crippen LogP contribution in [0.5, 0.6) is 0 Å². The van der Waals surface area contributed by atoms with Gasteiger partial charge in [0.25, 0.3) is 0 Å².